The van der Waals surface area contributed by atoms with Gasteiger partial charge in [-0.25, -0.2) is 0 Å². The van der Waals surface area contributed by atoms with Crippen molar-refractivity contribution >= 4 is 5.78 Å². The first-order valence-electron chi connectivity index (χ1n) is 7.10. The van der Waals surface area contributed by atoms with Crippen molar-refractivity contribution < 1.29 is 9.53 Å². The Balaban J connectivity index is 2.25. The van der Waals surface area contributed by atoms with Crippen LogP contribution < -0.4 is 10.1 Å². The molecule has 0 saturated carbocycles. The number of carbonyl (C=O) groups excluding carboxylic acids is 1. The number of benzene rings is 1. The molecule has 1 aromatic rings. The van der Waals surface area contributed by atoms with Crippen molar-refractivity contribution in [2.45, 2.75) is 39.7 Å². The van der Waals surface area contributed by atoms with Gasteiger partial charge in [0.25, 0.3) is 0 Å². The monoisotopic (exact) mass is 261 g/mol. The fourth-order valence-corrected chi connectivity index (χ4v) is 2.50. The van der Waals surface area contributed by atoms with Gasteiger partial charge in [0, 0.05) is 5.92 Å². The maximum absolute atomic E-state index is 12.6. The molecule has 2 rings (SSSR count). The fourth-order valence-electron chi connectivity index (χ4n) is 2.50. The average molecular weight is 261 g/mol. The molecule has 0 bridgehead atoms. The van der Waals surface area contributed by atoms with E-state index in [2.05, 4.69) is 5.32 Å². The normalized spacial score (nSPS) is 16.6. The maximum atomic E-state index is 12.6. The van der Waals surface area contributed by atoms with Crippen molar-refractivity contribution in [2.75, 3.05) is 13.1 Å². The van der Waals surface area contributed by atoms with E-state index in [1.165, 1.54) is 0 Å². The third kappa shape index (κ3) is 3.57. The van der Waals surface area contributed by atoms with Gasteiger partial charge in [-0.3, -0.25) is 4.79 Å². The highest BCUT2D eigenvalue weighted by atomic mass is 16.5. The van der Waals surface area contributed by atoms with Crippen LogP contribution in [-0.4, -0.2) is 25.0 Å². The van der Waals surface area contributed by atoms with Gasteiger partial charge in [0.2, 0.25) is 0 Å². The van der Waals surface area contributed by atoms with Gasteiger partial charge in [0.1, 0.15) is 5.75 Å². The maximum Gasteiger partial charge on any atom is 0.169 e. The van der Waals surface area contributed by atoms with E-state index in [4.69, 9.17) is 4.74 Å². The molecule has 1 aliphatic heterocycles. The lowest BCUT2D eigenvalue weighted by Crippen LogP contribution is -2.32. The first kappa shape index (κ1) is 14.1. The molecule has 1 aliphatic rings. The van der Waals surface area contributed by atoms with E-state index in [1.54, 1.807) is 0 Å². The summed E-state index contributed by atoms with van der Waals surface area (Å²) >= 11 is 0. The van der Waals surface area contributed by atoms with E-state index in [9.17, 15) is 4.79 Å². The van der Waals surface area contributed by atoms with E-state index in [-0.39, 0.29) is 17.8 Å². The van der Waals surface area contributed by atoms with Crippen LogP contribution in [0.2, 0.25) is 0 Å². The Morgan fingerprint density at radius 1 is 1.32 bits per heavy atom. The molecule has 0 atom stereocenters. The molecule has 0 unspecified atom stereocenters. The molecule has 1 N–H and O–H groups in total. The lowest BCUT2D eigenvalue weighted by molar-refractivity contribution is 0.0889. The summed E-state index contributed by atoms with van der Waals surface area (Å²) in [4.78, 5) is 12.6. The summed E-state index contributed by atoms with van der Waals surface area (Å²) in [6.07, 6.45) is 1.93. The number of nitrogens with one attached hydrogen (secondary N) is 1. The zero-order valence-electron chi connectivity index (χ0n) is 12.0. The van der Waals surface area contributed by atoms with Crippen molar-refractivity contribution in [1.82, 2.24) is 5.32 Å². The first-order valence-corrected chi connectivity index (χ1v) is 7.10. The van der Waals surface area contributed by atoms with Gasteiger partial charge in [-0.2, -0.15) is 0 Å². The molecule has 0 spiro atoms. The van der Waals surface area contributed by atoms with Gasteiger partial charge < -0.3 is 10.1 Å². The Hall–Kier alpha value is -1.35. The van der Waals surface area contributed by atoms with E-state index >= 15 is 0 Å². The highest BCUT2D eigenvalue weighted by Crippen LogP contribution is 2.27. The summed E-state index contributed by atoms with van der Waals surface area (Å²) in [7, 11) is 0. The van der Waals surface area contributed by atoms with Crippen molar-refractivity contribution in [3.8, 4) is 5.75 Å². The molecule has 1 aromatic carbocycles. The Morgan fingerprint density at radius 3 is 2.63 bits per heavy atom. The highest BCUT2D eigenvalue weighted by Gasteiger charge is 2.25. The minimum Gasteiger partial charge on any atom is -0.490 e. The number of Topliss-reactive ketones (excluding diaryl/α,β-unsaturated/α-hetero) is 1. The first-order chi connectivity index (χ1) is 9.08. The van der Waals surface area contributed by atoms with Crippen LogP contribution in [0.1, 0.15) is 42.6 Å². The lowest BCUT2D eigenvalue weighted by atomic mass is 9.89. The summed E-state index contributed by atoms with van der Waals surface area (Å²) in [5.41, 5.74) is 1.86. The number of carbonyl (C=O) groups is 1. The fraction of sp³-hybridized carbons (Fsp3) is 0.562. The van der Waals surface area contributed by atoms with E-state index in [0.717, 1.165) is 42.8 Å². The molecule has 1 fully saturated rings. The Labute approximate surface area is 115 Å². The van der Waals surface area contributed by atoms with Gasteiger partial charge in [0.05, 0.1) is 11.7 Å². The van der Waals surface area contributed by atoms with Crippen LogP contribution in [0.4, 0.5) is 0 Å². The summed E-state index contributed by atoms with van der Waals surface area (Å²) in [6, 6.07) is 5.88. The van der Waals surface area contributed by atoms with Gasteiger partial charge in [0.15, 0.2) is 5.78 Å². The van der Waals surface area contributed by atoms with Crippen molar-refractivity contribution in [3.63, 3.8) is 0 Å². The average Bonchev–Trinajstić information content (AvgIpc) is 2.40. The number of aryl methyl sites for hydroxylation is 1. The van der Waals surface area contributed by atoms with Crippen LogP contribution in [-0.2, 0) is 0 Å². The number of ether oxygens (including phenoxy) is 1. The molecule has 0 amide bonds. The quantitative estimate of drug-likeness (QED) is 0.847. The summed E-state index contributed by atoms with van der Waals surface area (Å²) in [5.74, 6) is 1.10. The van der Waals surface area contributed by atoms with E-state index in [1.807, 2.05) is 39.0 Å². The second-order valence-corrected chi connectivity index (χ2v) is 5.55. The second-order valence-electron chi connectivity index (χ2n) is 5.55. The summed E-state index contributed by atoms with van der Waals surface area (Å²) in [5, 5.41) is 3.30. The molecule has 1 saturated heterocycles. The molecule has 1 heterocycles. The molecule has 0 radical (unpaired) electrons. The minimum atomic E-state index is 0.0854. The third-order valence-electron chi connectivity index (χ3n) is 3.47. The molecule has 3 heteroatoms. The lowest BCUT2D eigenvalue weighted by Gasteiger charge is -2.23. The van der Waals surface area contributed by atoms with Gasteiger partial charge in [-0.05, 0) is 58.8 Å². The predicted octanol–water partition coefficient (Wildman–Crippen LogP) is 2.96. The second kappa shape index (κ2) is 6.20. The molecular weight excluding hydrogens is 238 g/mol. The molecular formula is C16H23NO2. The number of hydrogen-bond acceptors (Lipinski definition) is 3. The smallest absolute Gasteiger partial charge is 0.169 e. The molecule has 0 aromatic heterocycles. The zero-order valence-corrected chi connectivity index (χ0v) is 12.0. The van der Waals surface area contributed by atoms with Crippen LogP contribution in [0.25, 0.3) is 0 Å². The number of ketones is 1. The van der Waals surface area contributed by atoms with Gasteiger partial charge >= 0.3 is 0 Å². The van der Waals surface area contributed by atoms with Crippen LogP contribution >= 0.6 is 0 Å². The number of rotatable bonds is 4. The largest absolute Gasteiger partial charge is 0.490 e. The number of piperidine rings is 1. The van der Waals surface area contributed by atoms with E-state index in [0.29, 0.717) is 0 Å². The Kier molecular flexibility index (Phi) is 4.59. The van der Waals surface area contributed by atoms with Crippen LogP contribution in [0.3, 0.4) is 0 Å². The third-order valence-corrected chi connectivity index (χ3v) is 3.47. The number of hydrogen-bond donors (Lipinski definition) is 1. The highest BCUT2D eigenvalue weighted by molar-refractivity contribution is 6.00. The van der Waals surface area contributed by atoms with Crippen LogP contribution in [0.15, 0.2) is 18.2 Å². The zero-order chi connectivity index (χ0) is 13.8. The Morgan fingerprint density at radius 2 is 2.00 bits per heavy atom. The van der Waals surface area contributed by atoms with Gasteiger partial charge in [-0.15, -0.1) is 0 Å². The molecule has 3 nitrogen and oxygen atoms in total. The van der Waals surface area contributed by atoms with Gasteiger partial charge in [-0.1, -0.05) is 11.6 Å². The Bertz CT molecular complexity index is 448. The van der Waals surface area contributed by atoms with Crippen molar-refractivity contribution in [1.29, 1.82) is 0 Å². The molecule has 19 heavy (non-hydrogen) atoms. The van der Waals surface area contributed by atoms with E-state index < -0.39 is 0 Å². The molecule has 0 aliphatic carbocycles. The van der Waals surface area contributed by atoms with Crippen LogP contribution in [0.5, 0.6) is 5.75 Å². The molecule has 104 valence electrons. The van der Waals surface area contributed by atoms with Crippen molar-refractivity contribution in [3.05, 3.63) is 29.3 Å². The van der Waals surface area contributed by atoms with Crippen molar-refractivity contribution in [2.24, 2.45) is 5.92 Å². The van der Waals surface area contributed by atoms with Crippen LogP contribution in [0, 0.1) is 12.8 Å². The standard InChI is InChI=1S/C16H23NO2/c1-11(2)19-15-5-4-12(3)10-14(15)16(18)13-6-8-17-9-7-13/h4-5,10-11,13,17H,6-9H2,1-3H3. The SMILES string of the molecule is Cc1ccc(OC(C)C)c(C(=O)C2CCNCC2)c1. The predicted molar refractivity (Wildman–Crippen MR) is 76.9 cm³/mol. The summed E-state index contributed by atoms with van der Waals surface area (Å²) in [6.45, 7) is 7.85. The minimum absolute atomic E-state index is 0.0854. The topological polar surface area (TPSA) is 38.3 Å². The summed E-state index contributed by atoms with van der Waals surface area (Å²) < 4.78 is 5.78.